The number of hydrogen-bond acceptors (Lipinski definition) is 2. The number of rotatable bonds is 4. The summed E-state index contributed by atoms with van der Waals surface area (Å²) in [5.74, 6) is 0.667. The summed E-state index contributed by atoms with van der Waals surface area (Å²) >= 11 is 5.53. The summed E-state index contributed by atoms with van der Waals surface area (Å²) in [5.41, 5.74) is -0.705. The average Bonchev–Trinajstić information content (AvgIpc) is 2.17. The molecule has 0 bridgehead atoms. The van der Waals surface area contributed by atoms with Gasteiger partial charge in [0.25, 0.3) is 0 Å². The van der Waals surface area contributed by atoms with Crippen molar-refractivity contribution in [3.05, 3.63) is 23.9 Å². The van der Waals surface area contributed by atoms with Crippen molar-refractivity contribution in [2.75, 3.05) is 11.2 Å². The summed E-state index contributed by atoms with van der Waals surface area (Å²) in [6.07, 6.45) is -2.53. The van der Waals surface area contributed by atoms with Gasteiger partial charge in [-0.25, -0.2) is 4.98 Å². The lowest BCUT2D eigenvalue weighted by atomic mass is 10.2. The predicted molar refractivity (Wildman–Crippen MR) is 57.7 cm³/mol. The number of pyridine rings is 1. The van der Waals surface area contributed by atoms with E-state index in [9.17, 15) is 13.2 Å². The molecule has 1 rings (SSSR count). The van der Waals surface area contributed by atoms with Crippen molar-refractivity contribution in [3.63, 3.8) is 0 Å². The number of anilines is 1. The summed E-state index contributed by atoms with van der Waals surface area (Å²) in [7, 11) is 0. The van der Waals surface area contributed by atoms with E-state index in [1.165, 1.54) is 0 Å². The Morgan fingerprint density at radius 3 is 2.75 bits per heavy atom. The molecule has 90 valence electrons. The van der Waals surface area contributed by atoms with Crippen LogP contribution in [-0.4, -0.2) is 16.9 Å². The molecule has 6 heteroatoms. The van der Waals surface area contributed by atoms with Crippen molar-refractivity contribution in [3.8, 4) is 0 Å². The highest BCUT2D eigenvalue weighted by molar-refractivity contribution is 6.17. The molecule has 0 spiro atoms. The summed E-state index contributed by atoms with van der Waals surface area (Å²) in [4.78, 5) is 3.82. The first-order chi connectivity index (χ1) is 7.43. The zero-order chi connectivity index (χ0) is 12.2. The van der Waals surface area contributed by atoms with E-state index in [-0.39, 0.29) is 11.9 Å². The summed E-state index contributed by atoms with van der Waals surface area (Å²) in [6, 6.07) is 1.93. The molecular weight excluding hydrogens is 241 g/mol. The van der Waals surface area contributed by atoms with Crippen molar-refractivity contribution in [2.45, 2.75) is 25.6 Å². The average molecular weight is 253 g/mol. The summed E-state index contributed by atoms with van der Waals surface area (Å²) in [5, 5.41) is 2.86. The van der Waals surface area contributed by atoms with E-state index in [0.29, 0.717) is 12.3 Å². The van der Waals surface area contributed by atoms with Crippen molar-refractivity contribution in [2.24, 2.45) is 0 Å². The fourth-order valence-corrected chi connectivity index (χ4v) is 1.50. The number of nitrogens with zero attached hydrogens (tertiary/aromatic N) is 1. The van der Waals surface area contributed by atoms with Gasteiger partial charge < -0.3 is 5.32 Å². The second-order valence-electron chi connectivity index (χ2n) is 3.45. The van der Waals surface area contributed by atoms with Crippen LogP contribution in [0.4, 0.5) is 19.0 Å². The van der Waals surface area contributed by atoms with E-state index in [2.05, 4.69) is 10.3 Å². The lowest BCUT2D eigenvalue weighted by Gasteiger charge is -2.14. The third-order valence-corrected chi connectivity index (χ3v) is 2.24. The fourth-order valence-electron chi connectivity index (χ4n) is 1.17. The van der Waals surface area contributed by atoms with Gasteiger partial charge in [0.1, 0.15) is 5.82 Å². The molecule has 0 radical (unpaired) electrons. The Morgan fingerprint density at radius 1 is 1.50 bits per heavy atom. The van der Waals surface area contributed by atoms with E-state index < -0.39 is 11.7 Å². The SMILES string of the molecule is CC(CCCl)Nc1cc(C(F)(F)F)ccn1. The van der Waals surface area contributed by atoms with Crippen molar-refractivity contribution < 1.29 is 13.2 Å². The molecule has 1 aromatic rings. The van der Waals surface area contributed by atoms with E-state index in [0.717, 1.165) is 18.3 Å². The standard InChI is InChI=1S/C10H12ClF3N2/c1-7(2-4-11)16-9-6-8(3-5-15-9)10(12,13)14/h3,5-7H,2,4H2,1H3,(H,15,16). The van der Waals surface area contributed by atoms with Crippen LogP contribution >= 0.6 is 11.6 Å². The lowest BCUT2D eigenvalue weighted by molar-refractivity contribution is -0.137. The van der Waals surface area contributed by atoms with Gasteiger partial charge >= 0.3 is 6.18 Å². The van der Waals surface area contributed by atoms with Crippen LogP contribution in [0.1, 0.15) is 18.9 Å². The largest absolute Gasteiger partial charge is 0.416 e. The first-order valence-corrected chi connectivity index (χ1v) is 5.32. The highest BCUT2D eigenvalue weighted by Crippen LogP contribution is 2.29. The predicted octanol–water partition coefficient (Wildman–Crippen LogP) is 3.53. The Labute approximate surface area is 96.8 Å². The maximum atomic E-state index is 12.4. The number of hydrogen-bond donors (Lipinski definition) is 1. The van der Waals surface area contributed by atoms with Gasteiger partial charge in [0.2, 0.25) is 0 Å². The smallest absolute Gasteiger partial charge is 0.368 e. The summed E-state index contributed by atoms with van der Waals surface area (Å²) in [6.45, 7) is 1.84. The minimum atomic E-state index is -4.34. The van der Waals surface area contributed by atoms with Gasteiger partial charge in [0.15, 0.2) is 0 Å². The van der Waals surface area contributed by atoms with Gasteiger partial charge in [-0.15, -0.1) is 11.6 Å². The Balaban J connectivity index is 2.75. The number of halogens is 4. The molecule has 0 saturated carbocycles. The van der Waals surface area contributed by atoms with E-state index in [1.807, 2.05) is 6.92 Å². The monoisotopic (exact) mass is 252 g/mol. The lowest BCUT2D eigenvalue weighted by Crippen LogP contribution is -2.17. The molecule has 1 aromatic heterocycles. The Kier molecular flexibility index (Phi) is 4.41. The Hall–Kier alpha value is -0.970. The van der Waals surface area contributed by atoms with Gasteiger partial charge in [-0.1, -0.05) is 0 Å². The first kappa shape index (κ1) is 13.1. The zero-order valence-corrected chi connectivity index (χ0v) is 9.44. The van der Waals surface area contributed by atoms with Crippen LogP contribution in [0.3, 0.4) is 0 Å². The molecule has 0 fully saturated rings. The van der Waals surface area contributed by atoms with Crippen LogP contribution in [0.2, 0.25) is 0 Å². The molecule has 0 aliphatic carbocycles. The molecular formula is C10H12ClF3N2. The van der Waals surface area contributed by atoms with Gasteiger partial charge in [0, 0.05) is 18.1 Å². The van der Waals surface area contributed by atoms with Crippen molar-refractivity contribution in [1.29, 1.82) is 0 Å². The molecule has 0 aliphatic rings. The molecule has 2 nitrogen and oxygen atoms in total. The first-order valence-electron chi connectivity index (χ1n) is 4.79. The van der Waals surface area contributed by atoms with Crippen LogP contribution < -0.4 is 5.32 Å². The fraction of sp³-hybridized carbons (Fsp3) is 0.500. The van der Waals surface area contributed by atoms with Crippen LogP contribution in [0, 0.1) is 0 Å². The second kappa shape index (κ2) is 5.39. The van der Waals surface area contributed by atoms with E-state index in [1.54, 1.807) is 0 Å². The minimum Gasteiger partial charge on any atom is -0.368 e. The van der Waals surface area contributed by atoms with Crippen LogP contribution in [0.15, 0.2) is 18.3 Å². The maximum Gasteiger partial charge on any atom is 0.416 e. The topological polar surface area (TPSA) is 24.9 Å². The molecule has 1 N–H and O–H groups in total. The van der Waals surface area contributed by atoms with Crippen molar-refractivity contribution in [1.82, 2.24) is 4.98 Å². The second-order valence-corrected chi connectivity index (χ2v) is 3.83. The van der Waals surface area contributed by atoms with Gasteiger partial charge in [-0.2, -0.15) is 13.2 Å². The number of alkyl halides is 4. The number of aromatic nitrogens is 1. The zero-order valence-electron chi connectivity index (χ0n) is 8.68. The van der Waals surface area contributed by atoms with Gasteiger partial charge in [-0.05, 0) is 25.5 Å². The van der Waals surface area contributed by atoms with E-state index in [4.69, 9.17) is 11.6 Å². The molecule has 1 heterocycles. The molecule has 0 aliphatic heterocycles. The highest BCUT2D eigenvalue weighted by Gasteiger charge is 2.30. The third-order valence-electron chi connectivity index (χ3n) is 2.02. The highest BCUT2D eigenvalue weighted by atomic mass is 35.5. The molecule has 1 unspecified atom stereocenters. The third kappa shape index (κ3) is 3.89. The normalized spacial score (nSPS) is 13.6. The Morgan fingerprint density at radius 2 is 2.19 bits per heavy atom. The maximum absolute atomic E-state index is 12.4. The molecule has 16 heavy (non-hydrogen) atoms. The van der Waals surface area contributed by atoms with E-state index >= 15 is 0 Å². The Bertz CT molecular complexity index is 341. The van der Waals surface area contributed by atoms with Crippen LogP contribution in [0.25, 0.3) is 0 Å². The van der Waals surface area contributed by atoms with Crippen LogP contribution in [-0.2, 0) is 6.18 Å². The van der Waals surface area contributed by atoms with Crippen LogP contribution in [0.5, 0.6) is 0 Å². The summed E-state index contributed by atoms with van der Waals surface area (Å²) < 4.78 is 37.1. The molecule has 0 saturated heterocycles. The van der Waals surface area contributed by atoms with Crippen molar-refractivity contribution >= 4 is 17.4 Å². The molecule has 0 aromatic carbocycles. The molecule has 0 amide bonds. The van der Waals surface area contributed by atoms with Gasteiger partial charge in [-0.3, -0.25) is 0 Å². The molecule has 1 atom stereocenters. The van der Waals surface area contributed by atoms with Gasteiger partial charge in [0.05, 0.1) is 5.56 Å². The minimum absolute atomic E-state index is 0.00603. The number of nitrogens with one attached hydrogen (secondary N) is 1. The quantitative estimate of drug-likeness (QED) is 0.830.